The van der Waals surface area contributed by atoms with Crippen LogP contribution in [0.25, 0.3) is 0 Å². The largest absolute Gasteiger partial charge is 0.469 e. The van der Waals surface area contributed by atoms with Gasteiger partial charge in [-0.2, -0.15) is 0 Å². The summed E-state index contributed by atoms with van der Waals surface area (Å²) in [5, 5.41) is 10.7. The Morgan fingerprint density at radius 3 is 1.60 bits per heavy atom. The maximum atomic E-state index is 11.9. The summed E-state index contributed by atoms with van der Waals surface area (Å²) in [7, 11) is 1.45. The van der Waals surface area contributed by atoms with Crippen molar-refractivity contribution in [2.24, 2.45) is 28.6 Å². The van der Waals surface area contributed by atoms with Gasteiger partial charge in [0.25, 0.3) is 0 Å². The first-order valence-electron chi connectivity index (χ1n) is 7.24. The van der Waals surface area contributed by atoms with Crippen LogP contribution in [0.4, 0.5) is 0 Å². The third kappa shape index (κ3) is 4.19. The highest BCUT2D eigenvalue weighted by Gasteiger charge is 2.47. The van der Waals surface area contributed by atoms with Gasteiger partial charge in [0, 0.05) is 0 Å². The van der Waals surface area contributed by atoms with Crippen molar-refractivity contribution in [3.05, 3.63) is 0 Å². The third-order valence-electron chi connectivity index (χ3n) is 4.66. The fourth-order valence-corrected chi connectivity index (χ4v) is 3.36. The zero-order chi connectivity index (χ0) is 15.0. The van der Waals surface area contributed by atoms with Crippen LogP contribution in [0.15, 0.2) is 0 Å². The number of carbonyl (C=O) groups excluding carboxylic acids is 1. The van der Waals surface area contributed by atoms with E-state index < -0.39 is 0 Å². The van der Waals surface area contributed by atoms with E-state index in [1.807, 2.05) is 0 Å². The van der Waals surface area contributed by atoms with E-state index in [1.54, 1.807) is 0 Å². The number of carbonyl (C=O) groups is 1. The number of aliphatic hydroxyl groups is 1. The molecular formula is C16H32O4. The SMILES string of the molecule is COC(=O)C1CC(C(C)(C)C)C(O)C(C(C)(C)C)C1.O. The molecule has 0 saturated heterocycles. The lowest BCUT2D eigenvalue weighted by Crippen LogP contribution is -2.49. The van der Waals surface area contributed by atoms with Crippen LogP contribution in [0.2, 0.25) is 0 Å². The van der Waals surface area contributed by atoms with Crippen LogP contribution in [0, 0.1) is 28.6 Å². The molecule has 1 rings (SSSR count). The molecule has 0 aliphatic heterocycles. The Kier molecular flexibility index (Phi) is 6.24. The van der Waals surface area contributed by atoms with Crippen molar-refractivity contribution in [1.29, 1.82) is 0 Å². The van der Waals surface area contributed by atoms with Gasteiger partial charge in [-0.15, -0.1) is 0 Å². The first-order chi connectivity index (χ1) is 8.48. The molecule has 2 atom stereocenters. The molecule has 1 saturated carbocycles. The summed E-state index contributed by atoms with van der Waals surface area (Å²) < 4.78 is 4.93. The second-order valence-electron chi connectivity index (χ2n) is 8.13. The molecule has 1 aliphatic rings. The van der Waals surface area contributed by atoms with E-state index in [2.05, 4.69) is 41.5 Å². The van der Waals surface area contributed by atoms with Crippen molar-refractivity contribution < 1.29 is 20.1 Å². The number of methoxy groups -OCH3 is 1. The normalized spacial score (nSPS) is 31.4. The monoisotopic (exact) mass is 288 g/mol. The van der Waals surface area contributed by atoms with E-state index >= 15 is 0 Å². The second-order valence-corrected chi connectivity index (χ2v) is 8.13. The molecule has 0 bridgehead atoms. The smallest absolute Gasteiger partial charge is 0.308 e. The molecule has 0 heterocycles. The molecule has 0 aromatic carbocycles. The Morgan fingerprint density at radius 1 is 1.00 bits per heavy atom. The molecule has 4 nitrogen and oxygen atoms in total. The molecule has 1 aliphatic carbocycles. The van der Waals surface area contributed by atoms with Crippen molar-refractivity contribution in [1.82, 2.24) is 0 Å². The van der Waals surface area contributed by atoms with E-state index in [1.165, 1.54) is 7.11 Å². The van der Waals surface area contributed by atoms with Gasteiger partial charge in [0.15, 0.2) is 0 Å². The topological polar surface area (TPSA) is 78.0 Å². The highest BCUT2D eigenvalue weighted by molar-refractivity contribution is 5.72. The minimum atomic E-state index is -0.346. The van der Waals surface area contributed by atoms with Gasteiger partial charge in [0.1, 0.15) is 0 Å². The molecule has 2 unspecified atom stereocenters. The molecule has 0 aromatic heterocycles. The molecular weight excluding hydrogens is 256 g/mol. The fraction of sp³-hybridized carbons (Fsp3) is 0.938. The van der Waals surface area contributed by atoms with Gasteiger partial charge in [-0.3, -0.25) is 4.79 Å². The van der Waals surface area contributed by atoms with Gasteiger partial charge < -0.3 is 15.3 Å². The average molecular weight is 288 g/mol. The first kappa shape index (κ1) is 19.4. The minimum absolute atomic E-state index is 0. The Hall–Kier alpha value is -0.610. The highest BCUT2D eigenvalue weighted by Crippen LogP contribution is 2.48. The number of aliphatic hydroxyl groups excluding tert-OH is 1. The Bertz CT molecular complexity index is 300. The molecule has 4 heteroatoms. The lowest BCUT2D eigenvalue weighted by molar-refractivity contribution is -0.154. The summed E-state index contributed by atoms with van der Waals surface area (Å²) in [6, 6.07) is 0. The van der Waals surface area contributed by atoms with Gasteiger partial charge in [-0.1, -0.05) is 41.5 Å². The van der Waals surface area contributed by atoms with Gasteiger partial charge in [0.2, 0.25) is 0 Å². The summed E-state index contributed by atoms with van der Waals surface area (Å²) in [4.78, 5) is 11.9. The average Bonchev–Trinajstić information content (AvgIpc) is 2.25. The van der Waals surface area contributed by atoms with Gasteiger partial charge in [0.05, 0.1) is 19.1 Å². The van der Waals surface area contributed by atoms with Crippen molar-refractivity contribution in [3.63, 3.8) is 0 Å². The van der Waals surface area contributed by atoms with E-state index in [4.69, 9.17) is 4.74 Å². The fourth-order valence-electron chi connectivity index (χ4n) is 3.36. The summed E-state index contributed by atoms with van der Waals surface area (Å²) in [6.45, 7) is 12.8. The summed E-state index contributed by atoms with van der Waals surface area (Å²) in [6.07, 6.45) is 1.11. The van der Waals surface area contributed by atoms with Gasteiger partial charge >= 0.3 is 5.97 Å². The van der Waals surface area contributed by atoms with E-state index in [9.17, 15) is 9.90 Å². The zero-order valence-electron chi connectivity index (χ0n) is 14.0. The molecule has 0 amide bonds. The third-order valence-corrected chi connectivity index (χ3v) is 4.66. The molecule has 3 N–H and O–H groups in total. The van der Waals surface area contributed by atoms with Crippen molar-refractivity contribution >= 4 is 5.97 Å². The number of hydrogen-bond acceptors (Lipinski definition) is 3. The molecule has 1 fully saturated rings. The van der Waals surface area contributed by atoms with Crippen molar-refractivity contribution in [2.45, 2.75) is 60.5 Å². The zero-order valence-corrected chi connectivity index (χ0v) is 14.0. The Morgan fingerprint density at radius 2 is 1.35 bits per heavy atom. The van der Waals surface area contributed by atoms with Crippen LogP contribution in [-0.4, -0.2) is 29.8 Å². The van der Waals surface area contributed by atoms with Crippen LogP contribution >= 0.6 is 0 Å². The second kappa shape index (κ2) is 6.44. The van der Waals surface area contributed by atoms with Crippen molar-refractivity contribution in [3.8, 4) is 0 Å². The number of ether oxygens (including phenoxy) is 1. The summed E-state index contributed by atoms with van der Waals surface area (Å²) >= 11 is 0. The Balaban J connectivity index is 0.00000361. The molecule has 0 aromatic rings. The van der Waals surface area contributed by atoms with E-state index in [0.717, 1.165) is 12.8 Å². The van der Waals surface area contributed by atoms with Crippen LogP contribution in [-0.2, 0) is 9.53 Å². The van der Waals surface area contributed by atoms with E-state index in [0.29, 0.717) is 0 Å². The summed E-state index contributed by atoms with van der Waals surface area (Å²) in [5.74, 6) is 0.0569. The predicted molar refractivity (Wildman–Crippen MR) is 80.3 cm³/mol. The number of hydrogen-bond donors (Lipinski definition) is 1. The minimum Gasteiger partial charge on any atom is -0.469 e. The lowest BCUT2D eigenvalue weighted by atomic mass is 9.58. The molecule has 120 valence electrons. The highest BCUT2D eigenvalue weighted by atomic mass is 16.5. The quantitative estimate of drug-likeness (QED) is 0.753. The maximum absolute atomic E-state index is 11.9. The van der Waals surface area contributed by atoms with Gasteiger partial charge in [-0.25, -0.2) is 0 Å². The van der Waals surface area contributed by atoms with Crippen LogP contribution in [0.3, 0.4) is 0 Å². The van der Waals surface area contributed by atoms with Crippen LogP contribution in [0.5, 0.6) is 0 Å². The van der Waals surface area contributed by atoms with Gasteiger partial charge in [-0.05, 0) is 35.5 Å². The molecule has 0 spiro atoms. The maximum Gasteiger partial charge on any atom is 0.308 e. The predicted octanol–water partition coefficient (Wildman–Crippen LogP) is 2.43. The molecule has 0 radical (unpaired) electrons. The first-order valence-corrected chi connectivity index (χ1v) is 7.24. The summed E-state index contributed by atoms with van der Waals surface area (Å²) in [5.41, 5.74) is -0.00871. The number of esters is 1. The Labute approximate surface area is 123 Å². The number of rotatable bonds is 1. The van der Waals surface area contributed by atoms with Crippen LogP contribution < -0.4 is 0 Å². The standard InChI is InChI=1S/C16H30O3.H2O/c1-15(2,3)11-8-10(14(18)19-7)9-12(13(11)17)16(4,5)6;/h10-13,17H,8-9H2,1-7H3;1H2. The molecule has 20 heavy (non-hydrogen) atoms. The van der Waals surface area contributed by atoms with Crippen LogP contribution in [0.1, 0.15) is 54.4 Å². The lowest BCUT2D eigenvalue weighted by Gasteiger charge is -2.48. The van der Waals surface area contributed by atoms with E-state index in [-0.39, 0.29) is 46.1 Å². The van der Waals surface area contributed by atoms with Crippen molar-refractivity contribution in [2.75, 3.05) is 7.11 Å².